The van der Waals surface area contributed by atoms with Crippen LogP contribution in [0.5, 0.6) is 0 Å². The van der Waals surface area contributed by atoms with Crippen molar-refractivity contribution in [2.75, 3.05) is 0 Å². The number of hydrogen-bond acceptors (Lipinski definition) is 2. The average Bonchev–Trinajstić information content (AvgIpc) is 2.80. The van der Waals surface area contributed by atoms with Crippen LogP contribution in [0.15, 0.2) is 18.3 Å². The van der Waals surface area contributed by atoms with Crippen molar-refractivity contribution < 1.29 is 4.79 Å². The number of carbonyl (C=O) groups excluding carboxylic acids is 1. The summed E-state index contributed by atoms with van der Waals surface area (Å²) in [6, 6.07) is 4.25. The van der Waals surface area contributed by atoms with Crippen molar-refractivity contribution in [1.29, 1.82) is 0 Å². The maximum atomic E-state index is 12.2. The van der Waals surface area contributed by atoms with Crippen LogP contribution in [-0.2, 0) is 4.79 Å². The molecule has 20 heavy (non-hydrogen) atoms. The van der Waals surface area contributed by atoms with E-state index in [4.69, 9.17) is 0 Å². The van der Waals surface area contributed by atoms with E-state index in [2.05, 4.69) is 41.5 Å². The summed E-state index contributed by atoms with van der Waals surface area (Å²) in [7, 11) is 0. The van der Waals surface area contributed by atoms with Gasteiger partial charge in [0.1, 0.15) is 0 Å². The number of nitrogens with one attached hydrogen (secondary N) is 2. The van der Waals surface area contributed by atoms with Gasteiger partial charge in [-0.1, -0.05) is 27.7 Å². The minimum absolute atomic E-state index is 0.0426. The van der Waals surface area contributed by atoms with Gasteiger partial charge in [0, 0.05) is 10.8 Å². The molecule has 1 atom stereocenters. The van der Waals surface area contributed by atoms with Crippen molar-refractivity contribution in [3.05, 3.63) is 29.5 Å². The van der Waals surface area contributed by atoms with Crippen molar-refractivity contribution in [2.45, 2.75) is 47.1 Å². The lowest BCUT2D eigenvalue weighted by molar-refractivity contribution is -0.129. The van der Waals surface area contributed by atoms with Crippen molar-refractivity contribution in [3.8, 4) is 0 Å². The number of amides is 1. The Kier molecular flexibility index (Phi) is 3.84. The third-order valence-corrected chi connectivity index (χ3v) is 3.60. The molecule has 108 valence electrons. The Morgan fingerprint density at radius 3 is 2.70 bits per heavy atom. The van der Waals surface area contributed by atoms with Crippen LogP contribution in [0.4, 0.5) is 0 Å². The minimum Gasteiger partial charge on any atom is -0.349 e. The number of fused-ring (bicyclic) bond motifs is 1. The zero-order chi connectivity index (χ0) is 14.9. The molecule has 1 aromatic heterocycles. The molecular formula is C16H23N3O. The van der Waals surface area contributed by atoms with Gasteiger partial charge in [-0.25, -0.2) is 0 Å². The average molecular weight is 273 g/mol. The number of aromatic nitrogens is 2. The molecule has 0 aliphatic rings. The Morgan fingerprint density at radius 2 is 2.10 bits per heavy atom. The van der Waals surface area contributed by atoms with E-state index < -0.39 is 0 Å². The maximum Gasteiger partial charge on any atom is 0.225 e. The van der Waals surface area contributed by atoms with E-state index in [1.54, 1.807) is 0 Å². The molecule has 2 rings (SSSR count). The quantitative estimate of drug-likeness (QED) is 0.899. The first-order valence-electron chi connectivity index (χ1n) is 7.07. The zero-order valence-corrected chi connectivity index (χ0v) is 12.9. The lowest BCUT2D eigenvalue weighted by Crippen LogP contribution is -2.37. The van der Waals surface area contributed by atoms with E-state index in [-0.39, 0.29) is 17.4 Å². The molecule has 4 heteroatoms. The molecule has 0 fully saturated rings. The van der Waals surface area contributed by atoms with Gasteiger partial charge in [-0.2, -0.15) is 5.10 Å². The van der Waals surface area contributed by atoms with Gasteiger partial charge in [-0.3, -0.25) is 9.89 Å². The van der Waals surface area contributed by atoms with Crippen LogP contribution in [0.1, 0.15) is 51.3 Å². The summed E-state index contributed by atoms with van der Waals surface area (Å²) < 4.78 is 0. The van der Waals surface area contributed by atoms with Gasteiger partial charge in [0.15, 0.2) is 0 Å². The van der Waals surface area contributed by atoms with Crippen LogP contribution < -0.4 is 5.32 Å². The van der Waals surface area contributed by atoms with Crippen LogP contribution >= 0.6 is 0 Å². The predicted molar refractivity (Wildman–Crippen MR) is 81.5 cm³/mol. The largest absolute Gasteiger partial charge is 0.349 e. The van der Waals surface area contributed by atoms with Crippen LogP contribution in [0.2, 0.25) is 0 Å². The highest BCUT2D eigenvalue weighted by Crippen LogP contribution is 2.26. The molecule has 0 radical (unpaired) electrons. The van der Waals surface area contributed by atoms with Crippen LogP contribution in [0, 0.1) is 12.3 Å². The molecule has 0 spiro atoms. The topological polar surface area (TPSA) is 57.8 Å². The van der Waals surface area contributed by atoms with Gasteiger partial charge in [0.25, 0.3) is 0 Å². The van der Waals surface area contributed by atoms with Crippen molar-refractivity contribution in [2.24, 2.45) is 5.41 Å². The molecule has 0 saturated heterocycles. The fourth-order valence-electron chi connectivity index (χ4n) is 2.27. The second-order valence-electron chi connectivity index (χ2n) is 6.35. The molecule has 0 unspecified atom stereocenters. The predicted octanol–water partition coefficient (Wildman–Crippen LogP) is 3.48. The smallest absolute Gasteiger partial charge is 0.225 e. The van der Waals surface area contributed by atoms with E-state index >= 15 is 0 Å². The van der Waals surface area contributed by atoms with Crippen LogP contribution in [0.25, 0.3) is 10.9 Å². The van der Waals surface area contributed by atoms with E-state index in [9.17, 15) is 4.79 Å². The standard InChI is InChI=1S/C16H23N3O/c1-6-13(18-15(20)16(3,4)5)12-8-11-9-17-19-14(11)7-10(12)2/h7-9,13H,6H2,1-5H3,(H,17,19)(H,18,20)/t13-/m0/s1. The molecule has 0 bridgehead atoms. The van der Waals surface area contributed by atoms with E-state index in [0.717, 1.165) is 17.3 Å². The van der Waals surface area contributed by atoms with Gasteiger partial charge in [0.2, 0.25) is 5.91 Å². The van der Waals surface area contributed by atoms with Gasteiger partial charge in [-0.15, -0.1) is 0 Å². The Hall–Kier alpha value is -1.84. The molecule has 1 heterocycles. The molecule has 1 amide bonds. The fraction of sp³-hybridized carbons (Fsp3) is 0.500. The fourth-order valence-corrected chi connectivity index (χ4v) is 2.27. The normalized spacial score (nSPS) is 13.4. The highest BCUT2D eigenvalue weighted by Gasteiger charge is 2.24. The van der Waals surface area contributed by atoms with Gasteiger partial charge in [0.05, 0.1) is 17.8 Å². The maximum absolute atomic E-state index is 12.2. The number of hydrogen-bond donors (Lipinski definition) is 2. The van der Waals surface area contributed by atoms with Gasteiger partial charge >= 0.3 is 0 Å². The SMILES string of the molecule is CC[C@H](NC(=O)C(C)(C)C)c1cc2cn[nH]c2cc1C. The summed E-state index contributed by atoms with van der Waals surface area (Å²) in [5, 5.41) is 11.3. The first kappa shape index (κ1) is 14.6. The third-order valence-electron chi connectivity index (χ3n) is 3.60. The monoisotopic (exact) mass is 273 g/mol. The van der Waals surface area contributed by atoms with Crippen molar-refractivity contribution in [3.63, 3.8) is 0 Å². The number of benzene rings is 1. The Balaban J connectivity index is 2.33. The Bertz CT molecular complexity index is 622. The number of nitrogens with zero attached hydrogens (tertiary/aromatic N) is 1. The van der Waals surface area contributed by atoms with Crippen molar-refractivity contribution >= 4 is 16.8 Å². The Labute approximate surface area is 120 Å². The van der Waals surface area contributed by atoms with Crippen LogP contribution in [-0.4, -0.2) is 16.1 Å². The second kappa shape index (κ2) is 5.27. The summed E-state index contributed by atoms with van der Waals surface area (Å²) in [5.41, 5.74) is 2.99. The third kappa shape index (κ3) is 2.84. The van der Waals surface area contributed by atoms with Gasteiger partial charge in [-0.05, 0) is 36.6 Å². The first-order chi connectivity index (χ1) is 9.32. The van der Waals surface area contributed by atoms with Gasteiger partial charge < -0.3 is 5.32 Å². The zero-order valence-electron chi connectivity index (χ0n) is 12.9. The second-order valence-corrected chi connectivity index (χ2v) is 6.35. The summed E-state index contributed by atoms with van der Waals surface area (Å²) >= 11 is 0. The van der Waals surface area contributed by atoms with E-state index in [1.165, 1.54) is 11.1 Å². The lowest BCUT2D eigenvalue weighted by Gasteiger charge is -2.25. The van der Waals surface area contributed by atoms with Crippen LogP contribution in [0.3, 0.4) is 0 Å². The molecule has 2 N–H and O–H groups in total. The molecule has 0 aliphatic heterocycles. The number of rotatable bonds is 3. The highest BCUT2D eigenvalue weighted by molar-refractivity contribution is 5.83. The van der Waals surface area contributed by atoms with E-state index in [0.29, 0.717) is 0 Å². The number of H-pyrrole nitrogens is 1. The molecule has 0 aliphatic carbocycles. The summed E-state index contributed by atoms with van der Waals surface area (Å²) in [4.78, 5) is 12.2. The number of carbonyl (C=O) groups is 1. The molecule has 2 aromatic rings. The molecule has 4 nitrogen and oxygen atoms in total. The summed E-state index contributed by atoms with van der Waals surface area (Å²) in [5.74, 6) is 0.0797. The first-order valence-corrected chi connectivity index (χ1v) is 7.07. The highest BCUT2D eigenvalue weighted by atomic mass is 16.2. The minimum atomic E-state index is -0.374. The molecule has 1 aromatic carbocycles. The molecule has 0 saturated carbocycles. The van der Waals surface area contributed by atoms with Crippen molar-refractivity contribution in [1.82, 2.24) is 15.5 Å². The number of aryl methyl sites for hydroxylation is 1. The molecular weight excluding hydrogens is 250 g/mol. The summed E-state index contributed by atoms with van der Waals surface area (Å²) in [6.07, 6.45) is 2.68. The summed E-state index contributed by atoms with van der Waals surface area (Å²) in [6.45, 7) is 9.96. The van der Waals surface area contributed by atoms with E-state index in [1.807, 2.05) is 27.0 Å². The lowest BCUT2D eigenvalue weighted by atomic mass is 9.92. The number of aromatic amines is 1. The Morgan fingerprint density at radius 1 is 1.40 bits per heavy atom.